The van der Waals surface area contributed by atoms with Crippen LogP contribution >= 0.6 is 0 Å². The normalized spacial score (nSPS) is 19.5. The zero-order valence-corrected chi connectivity index (χ0v) is 12.3. The molecule has 3 heteroatoms. The zero-order valence-electron chi connectivity index (χ0n) is 12.3. The van der Waals surface area contributed by atoms with E-state index in [4.69, 9.17) is 0 Å². The van der Waals surface area contributed by atoms with E-state index in [9.17, 15) is 4.79 Å². The van der Waals surface area contributed by atoms with Crippen molar-refractivity contribution in [2.45, 2.75) is 41.0 Å². The summed E-state index contributed by atoms with van der Waals surface area (Å²) >= 11 is 0. The molecule has 0 unspecified atom stereocenters. The summed E-state index contributed by atoms with van der Waals surface area (Å²) in [6.45, 7) is 14.5. The molecular formula is C14H28N2O. The Labute approximate surface area is 106 Å². The molecule has 0 spiro atoms. The molecule has 17 heavy (non-hydrogen) atoms. The third kappa shape index (κ3) is 4.30. The third-order valence-corrected chi connectivity index (χ3v) is 3.34. The summed E-state index contributed by atoms with van der Waals surface area (Å²) in [7, 11) is 2.11. The minimum atomic E-state index is -0.242. The average Bonchev–Trinajstić information content (AvgIpc) is 2.14. The van der Waals surface area contributed by atoms with E-state index in [2.05, 4.69) is 46.6 Å². The Balaban J connectivity index is 2.62. The van der Waals surface area contributed by atoms with Crippen molar-refractivity contribution < 1.29 is 4.79 Å². The molecule has 1 rings (SSSR count). The van der Waals surface area contributed by atoms with Gasteiger partial charge in [0.1, 0.15) is 0 Å². The van der Waals surface area contributed by atoms with E-state index in [1.807, 2.05) is 4.90 Å². The summed E-state index contributed by atoms with van der Waals surface area (Å²) in [4.78, 5) is 16.8. The van der Waals surface area contributed by atoms with Gasteiger partial charge < -0.3 is 9.80 Å². The lowest BCUT2D eigenvalue weighted by atomic mass is 9.75. The van der Waals surface area contributed by atoms with Gasteiger partial charge in [0.05, 0.1) is 0 Å². The van der Waals surface area contributed by atoms with Gasteiger partial charge in [-0.15, -0.1) is 0 Å². The second kappa shape index (κ2) is 4.97. The number of hydrogen-bond donors (Lipinski definition) is 0. The molecular weight excluding hydrogens is 212 g/mol. The van der Waals surface area contributed by atoms with Crippen molar-refractivity contribution in [2.24, 2.45) is 10.8 Å². The lowest BCUT2D eigenvalue weighted by molar-refractivity contribution is -0.143. The molecule has 0 aromatic heterocycles. The van der Waals surface area contributed by atoms with Crippen molar-refractivity contribution in [3.63, 3.8) is 0 Å². The van der Waals surface area contributed by atoms with Crippen molar-refractivity contribution in [2.75, 3.05) is 33.2 Å². The Bertz CT molecular complexity index is 270. The monoisotopic (exact) mass is 240 g/mol. The molecule has 3 nitrogen and oxygen atoms in total. The molecule has 0 N–H and O–H groups in total. The topological polar surface area (TPSA) is 23.6 Å². The van der Waals surface area contributed by atoms with Gasteiger partial charge in [-0.05, 0) is 18.9 Å². The van der Waals surface area contributed by atoms with E-state index < -0.39 is 0 Å². The Morgan fingerprint density at radius 3 is 1.88 bits per heavy atom. The fraction of sp³-hybridized carbons (Fsp3) is 0.929. The summed E-state index contributed by atoms with van der Waals surface area (Å²) in [5.74, 6) is 0.320. The smallest absolute Gasteiger partial charge is 0.228 e. The highest BCUT2D eigenvalue weighted by atomic mass is 16.2. The van der Waals surface area contributed by atoms with Gasteiger partial charge in [0, 0.05) is 31.6 Å². The largest absolute Gasteiger partial charge is 0.340 e. The van der Waals surface area contributed by atoms with Crippen LogP contribution in [0.15, 0.2) is 0 Å². The van der Waals surface area contributed by atoms with Gasteiger partial charge in [-0.2, -0.15) is 0 Å². The predicted octanol–water partition coefficient (Wildman–Crippen LogP) is 2.22. The van der Waals surface area contributed by atoms with E-state index in [0.717, 1.165) is 32.6 Å². The first kappa shape index (κ1) is 14.5. The molecule has 1 amide bonds. The minimum Gasteiger partial charge on any atom is -0.340 e. The molecule has 0 saturated carbocycles. The second-order valence-electron chi connectivity index (χ2n) is 7.22. The number of piperazine rings is 1. The van der Waals surface area contributed by atoms with E-state index in [-0.39, 0.29) is 10.8 Å². The molecule has 0 aromatic carbocycles. The van der Waals surface area contributed by atoms with Crippen LogP contribution in [0.4, 0.5) is 0 Å². The van der Waals surface area contributed by atoms with Gasteiger partial charge in [-0.3, -0.25) is 4.79 Å². The molecule has 0 atom stereocenters. The fourth-order valence-corrected chi connectivity index (χ4v) is 2.84. The van der Waals surface area contributed by atoms with Gasteiger partial charge in [0.25, 0.3) is 0 Å². The summed E-state index contributed by atoms with van der Waals surface area (Å²) in [6.07, 6.45) is 0.936. The Morgan fingerprint density at radius 1 is 1.00 bits per heavy atom. The van der Waals surface area contributed by atoms with Gasteiger partial charge >= 0.3 is 0 Å². The maximum atomic E-state index is 12.5. The number of carbonyl (C=O) groups excluding carboxylic acids is 1. The number of amides is 1. The van der Waals surface area contributed by atoms with Crippen LogP contribution in [0.1, 0.15) is 41.0 Å². The molecule has 1 saturated heterocycles. The first-order valence-electron chi connectivity index (χ1n) is 6.60. The molecule has 1 aliphatic heterocycles. The van der Waals surface area contributed by atoms with Crippen molar-refractivity contribution in [3.8, 4) is 0 Å². The summed E-state index contributed by atoms with van der Waals surface area (Å²) in [6, 6.07) is 0. The van der Waals surface area contributed by atoms with Crippen molar-refractivity contribution in [3.05, 3.63) is 0 Å². The molecule has 1 heterocycles. The Morgan fingerprint density at radius 2 is 1.47 bits per heavy atom. The summed E-state index contributed by atoms with van der Waals surface area (Å²) < 4.78 is 0. The third-order valence-electron chi connectivity index (χ3n) is 3.34. The Hall–Kier alpha value is -0.570. The first-order chi connectivity index (χ1) is 7.62. The molecule has 0 radical (unpaired) electrons. The zero-order chi connectivity index (χ0) is 13.3. The van der Waals surface area contributed by atoms with Crippen molar-refractivity contribution in [1.29, 1.82) is 0 Å². The SMILES string of the molecule is CN1CCN(C(=O)C(C)(C)CC(C)(C)C)CC1. The van der Waals surface area contributed by atoms with Gasteiger partial charge in [0.2, 0.25) is 5.91 Å². The minimum absolute atomic E-state index is 0.200. The van der Waals surface area contributed by atoms with Crippen LogP contribution in [0.25, 0.3) is 0 Å². The van der Waals surface area contributed by atoms with Crippen LogP contribution < -0.4 is 0 Å². The van der Waals surface area contributed by atoms with Crippen LogP contribution in [-0.2, 0) is 4.79 Å². The quantitative estimate of drug-likeness (QED) is 0.739. The maximum absolute atomic E-state index is 12.5. The van der Waals surface area contributed by atoms with E-state index in [1.165, 1.54) is 0 Å². The number of nitrogens with zero attached hydrogens (tertiary/aromatic N) is 2. The van der Waals surface area contributed by atoms with Crippen LogP contribution in [0, 0.1) is 10.8 Å². The molecule has 1 fully saturated rings. The van der Waals surface area contributed by atoms with E-state index in [1.54, 1.807) is 0 Å². The van der Waals surface area contributed by atoms with Crippen LogP contribution in [-0.4, -0.2) is 48.9 Å². The molecule has 0 aromatic rings. The van der Waals surface area contributed by atoms with Gasteiger partial charge in [0.15, 0.2) is 0 Å². The lowest BCUT2D eigenvalue weighted by Crippen LogP contribution is -2.51. The lowest BCUT2D eigenvalue weighted by Gasteiger charge is -2.39. The second-order valence-corrected chi connectivity index (χ2v) is 7.22. The van der Waals surface area contributed by atoms with E-state index >= 15 is 0 Å². The van der Waals surface area contributed by atoms with Gasteiger partial charge in [-0.25, -0.2) is 0 Å². The van der Waals surface area contributed by atoms with Crippen molar-refractivity contribution in [1.82, 2.24) is 9.80 Å². The number of rotatable bonds is 2. The highest BCUT2D eigenvalue weighted by Gasteiger charge is 2.36. The standard InChI is InChI=1S/C14H28N2O/c1-13(2,3)11-14(4,5)12(17)16-9-7-15(6)8-10-16/h7-11H2,1-6H3. The van der Waals surface area contributed by atoms with Crippen molar-refractivity contribution >= 4 is 5.91 Å². The fourth-order valence-electron chi connectivity index (χ4n) is 2.84. The number of likely N-dealkylation sites (N-methyl/N-ethyl adjacent to an activating group) is 1. The van der Waals surface area contributed by atoms with Crippen LogP contribution in [0.5, 0.6) is 0 Å². The molecule has 0 bridgehead atoms. The predicted molar refractivity (Wildman–Crippen MR) is 71.9 cm³/mol. The van der Waals surface area contributed by atoms with Gasteiger partial charge in [-0.1, -0.05) is 34.6 Å². The average molecular weight is 240 g/mol. The number of hydrogen-bond acceptors (Lipinski definition) is 2. The molecule has 1 aliphatic rings. The first-order valence-corrected chi connectivity index (χ1v) is 6.60. The van der Waals surface area contributed by atoms with E-state index in [0.29, 0.717) is 5.91 Å². The van der Waals surface area contributed by atoms with Crippen LogP contribution in [0.3, 0.4) is 0 Å². The highest BCUT2D eigenvalue weighted by molar-refractivity contribution is 5.82. The summed E-state index contributed by atoms with van der Waals surface area (Å²) in [5.41, 5.74) is -0.0418. The maximum Gasteiger partial charge on any atom is 0.228 e. The van der Waals surface area contributed by atoms with Crippen LogP contribution in [0.2, 0.25) is 0 Å². The highest BCUT2D eigenvalue weighted by Crippen LogP contribution is 2.34. The number of carbonyl (C=O) groups is 1. The molecule has 0 aliphatic carbocycles. The molecule has 100 valence electrons. The summed E-state index contributed by atoms with van der Waals surface area (Å²) in [5, 5.41) is 0. The Kier molecular flexibility index (Phi) is 4.23.